The Bertz CT molecular complexity index is 195. The highest BCUT2D eigenvalue weighted by atomic mass is 16.5. The quantitative estimate of drug-likeness (QED) is 0.624. The third-order valence-corrected chi connectivity index (χ3v) is 2.52. The Balaban J connectivity index is 2.45. The number of hydrogen-bond acceptors (Lipinski definition) is 3. The molecule has 1 unspecified atom stereocenters. The number of nitriles is 1. The smallest absolute Gasteiger partial charge is 0.111 e. The molecule has 0 aromatic carbocycles. The molecule has 1 saturated heterocycles. The highest BCUT2D eigenvalue weighted by Gasteiger charge is 2.36. The fourth-order valence-corrected chi connectivity index (χ4v) is 1.37. The molecule has 1 aliphatic rings. The van der Waals surface area contributed by atoms with Crippen molar-refractivity contribution in [3.8, 4) is 6.07 Å². The molecule has 1 heterocycles. The predicted octanol–water partition coefficient (Wildman–Crippen LogP) is 1.36. The van der Waals surface area contributed by atoms with Gasteiger partial charge >= 0.3 is 0 Å². The molecule has 12 heavy (non-hydrogen) atoms. The van der Waals surface area contributed by atoms with Gasteiger partial charge in [0.25, 0.3) is 0 Å². The van der Waals surface area contributed by atoms with E-state index in [1.54, 1.807) is 0 Å². The topological polar surface area (TPSA) is 36.3 Å². The molecule has 3 nitrogen and oxygen atoms in total. The Morgan fingerprint density at radius 1 is 1.67 bits per heavy atom. The Hall–Kier alpha value is -0.590. The molecule has 0 aliphatic carbocycles. The van der Waals surface area contributed by atoms with Crippen LogP contribution in [0.5, 0.6) is 0 Å². The van der Waals surface area contributed by atoms with Crippen molar-refractivity contribution in [3.05, 3.63) is 0 Å². The van der Waals surface area contributed by atoms with Gasteiger partial charge in [0.2, 0.25) is 0 Å². The standard InChI is InChI=1S/C9H16N2O/c1-9(2)7-12-8(11(9)3)5-4-6-10/h8H,4-5,7H2,1-3H3. The molecular weight excluding hydrogens is 152 g/mol. The molecule has 0 N–H and O–H groups in total. The molecule has 1 rings (SSSR count). The Morgan fingerprint density at radius 2 is 2.33 bits per heavy atom. The van der Waals surface area contributed by atoms with Gasteiger partial charge in [0.05, 0.1) is 12.7 Å². The zero-order valence-corrected chi connectivity index (χ0v) is 8.00. The monoisotopic (exact) mass is 168 g/mol. The van der Waals surface area contributed by atoms with Crippen LogP contribution in [-0.2, 0) is 4.74 Å². The molecule has 3 heteroatoms. The van der Waals surface area contributed by atoms with Crippen LogP contribution in [-0.4, -0.2) is 30.3 Å². The summed E-state index contributed by atoms with van der Waals surface area (Å²) in [6.07, 6.45) is 1.53. The fraction of sp³-hybridized carbons (Fsp3) is 0.889. The van der Waals surface area contributed by atoms with E-state index >= 15 is 0 Å². The third-order valence-electron chi connectivity index (χ3n) is 2.52. The van der Waals surface area contributed by atoms with Crippen LogP contribution < -0.4 is 0 Å². The molecule has 0 radical (unpaired) electrons. The fourth-order valence-electron chi connectivity index (χ4n) is 1.37. The zero-order valence-electron chi connectivity index (χ0n) is 8.00. The normalized spacial score (nSPS) is 28.7. The lowest BCUT2D eigenvalue weighted by Gasteiger charge is -2.28. The first-order chi connectivity index (χ1) is 5.58. The van der Waals surface area contributed by atoms with Crippen molar-refractivity contribution in [3.63, 3.8) is 0 Å². The van der Waals surface area contributed by atoms with Gasteiger partial charge in [0.15, 0.2) is 0 Å². The molecule has 1 atom stereocenters. The first-order valence-electron chi connectivity index (χ1n) is 4.29. The van der Waals surface area contributed by atoms with Crippen LogP contribution in [0.2, 0.25) is 0 Å². The summed E-state index contributed by atoms with van der Waals surface area (Å²) in [6.45, 7) is 5.07. The van der Waals surface area contributed by atoms with E-state index in [1.165, 1.54) is 0 Å². The third kappa shape index (κ3) is 1.77. The molecule has 68 valence electrons. The number of rotatable bonds is 2. The van der Waals surface area contributed by atoms with Crippen LogP contribution in [0.1, 0.15) is 26.7 Å². The first kappa shape index (κ1) is 9.50. The molecule has 1 aliphatic heterocycles. The van der Waals surface area contributed by atoms with Crippen molar-refractivity contribution < 1.29 is 4.74 Å². The SMILES string of the molecule is CN1C(CCC#N)OCC1(C)C. The highest BCUT2D eigenvalue weighted by Crippen LogP contribution is 2.26. The molecule has 0 amide bonds. The molecule has 0 aromatic rings. The Labute approximate surface area is 73.9 Å². The molecule has 0 aromatic heterocycles. The van der Waals surface area contributed by atoms with E-state index in [2.05, 4.69) is 31.9 Å². The summed E-state index contributed by atoms with van der Waals surface area (Å²) in [6, 6.07) is 2.14. The minimum atomic E-state index is 0.125. The average Bonchev–Trinajstić information content (AvgIpc) is 2.26. The van der Waals surface area contributed by atoms with E-state index in [4.69, 9.17) is 10.00 Å². The van der Waals surface area contributed by atoms with Crippen LogP contribution in [0.3, 0.4) is 0 Å². The van der Waals surface area contributed by atoms with Crippen LogP contribution in [0, 0.1) is 11.3 Å². The lowest BCUT2D eigenvalue weighted by molar-refractivity contribution is 0.0353. The second-order valence-electron chi connectivity index (χ2n) is 3.89. The minimum Gasteiger partial charge on any atom is -0.361 e. The number of ether oxygens (including phenoxy) is 1. The van der Waals surface area contributed by atoms with Crippen molar-refractivity contribution in [1.29, 1.82) is 5.26 Å². The minimum absolute atomic E-state index is 0.125. The number of nitrogens with zero attached hydrogens (tertiary/aromatic N) is 2. The van der Waals surface area contributed by atoms with Gasteiger partial charge in [-0.25, -0.2) is 0 Å². The van der Waals surface area contributed by atoms with E-state index < -0.39 is 0 Å². The van der Waals surface area contributed by atoms with E-state index in [1.807, 2.05) is 0 Å². The number of likely N-dealkylation sites (N-methyl/N-ethyl adjacent to an activating group) is 1. The maximum absolute atomic E-state index is 8.42. The van der Waals surface area contributed by atoms with Gasteiger partial charge in [-0.05, 0) is 20.9 Å². The van der Waals surface area contributed by atoms with Gasteiger partial charge in [-0.1, -0.05) is 0 Å². The molecule has 0 spiro atoms. The van der Waals surface area contributed by atoms with E-state index in [0.717, 1.165) is 13.0 Å². The van der Waals surface area contributed by atoms with Crippen LogP contribution in [0.15, 0.2) is 0 Å². The summed E-state index contributed by atoms with van der Waals surface area (Å²) in [5.41, 5.74) is 0.125. The molecular formula is C9H16N2O. The Morgan fingerprint density at radius 3 is 2.75 bits per heavy atom. The molecule has 0 saturated carbocycles. The van der Waals surface area contributed by atoms with Gasteiger partial charge in [-0.3, -0.25) is 4.90 Å². The van der Waals surface area contributed by atoms with Crippen LogP contribution in [0.25, 0.3) is 0 Å². The van der Waals surface area contributed by atoms with Crippen LogP contribution >= 0.6 is 0 Å². The number of hydrogen-bond donors (Lipinski definition) is 0. The average molecular weight is 168 g/mol. The Kier molecular flexibility index (Phi) is 2.71. The van der Waals surface area contributed by atoms with Crippen molar-refractivity contribution in [2.24, 2.45) is 0 Å². The maximum Gasteiger partial charge on any atom is 0.111 e. The van der Waals surface area contributed by atoms with Crippen molar-refractivity contribution in [2.75, 3.05) is 13.7 Å². The summed E-state index contributed by atoms with van der Waals surface area (Å²) in [7, 11) is 2.05. The van der Waals surface area contributed by atoms with Gasteiger partial charge in [0.1, 0.15) is 6.23 Å². The van der Waals surface area contributed by atoms with Gasteiger partial charge < -0.3 is 4.74 Å². The predicted molar refractivity (Wildman–Crippen MR) is 46.4 cm³/mol. The summed E-state index contributed by atoms with van der Waals surface area (Å²) in [4.78, 5) is 2.20. The zero-order chi connectivity index (χ0) is 9.19. The highest BCUT2D eigenvalue weighted by molar-refractivity contribution is 4.87. The molecule has 0 bridgehead atoms. The van der Waals surface area contributed by atoms with Gasteiger partial charge in [-0.2, -0.15) is 5.26 Å². The largest absolute Gasteiger partial charge is 0.361 e. The lowest BCUT2D eigenvalue weighted by Crippen LogP contribution is -2.40. The van der Waals surface area contributed by atoms with E-state index in [0.29, 0.717) is 6.42 Å². The second-order valence-corrected chi connectivity index (χ2v) is 3.89. The first-order valence-corrected chi connectivity index (χ1v) is 4.29. The van der Waals surface area contributed by atoms with Gasteiger partial charge in [-0.15, -0.1) is 0 Å². The van der Waals surface area contributed by atoms with Crippen molar-refractivity contribution >= 4 is 0 Å². The van der Waals surface area contributed by atoms with Gasteiger partial charge in [0, 0.05) is 18.4 Å². The van der Waals surface area contributed by atoms with E-state index in [-0.39, 0.29) is 11.8 Å². The second kappa shape index (κ2) is 3.42. The summed E-state index contributed by atoms with van der Waals surface area (Å²) in [5, 5.41) is 8.42. The van der Waals surface area contributed by atoms with E-state index in [9.17, 15) is 0 Å². The van der Waals surface area contributed by atoms with Crippen molar-refractivity contribution in [1.82, 2.24) is 4.90 Å². The maximum atomic E-state index is 8.42. The van der Waals surface area contributed by atoms with Crippen molar-refractivity contribution in [2.45, 2.75) is 38.5 Å². The van der Waals surface area contributed by atoms with Crippen LogP contribution in [0.4, 0.5) is 0 Å². The summed E-state index contributed by atoms with van der Waals surface area (Å²) in [5.74, 6) is 0. The molecule has 1 fully saturated rings. The lowest BCUT2D eigenvalue weighted by atomic mass is 10.1. The summed E-state index contributed by atoms with van der Waals surface area (Å²) < 4.78 is 5.56. The summed E-state index contributed by atoms with van der Waals surface area (Å²) >= 11 is 0.